The molecule has 0 aliphatic rings. The van der Waals surface area contributed by atoms with Crippen LogP contribution in [0.25, 0.3) is 5.69 Å². The second kappa shape index (κ2) is 10.3. The first-order valence-electron chi connectivity index (χ1n) is 9.93. The van der Waals surface area contributed by atoms with Crippen LogP contribution in [0.3, 0.4) is 0 Å². The first-order valence-corrected chi connectivity index (χ1v) is 9.93. The van der Waals surface area contributed by atoms with Crippen molar-refractivity contribution in [3.05, 3.63) is 77.5 Å². The number of nitrogens with zero attached hydrogens (tertiary/aromatic N) is 2. The van der Waals surface area contributed by atoms with Crippen LogP contribution in [0.4, 0.5) is 23.8 Å². The van der Waals surface area contributed by atoms with Crippen LogP contribution in [0.15, 0.2) is 60.7 Å². The number of aromatic nitrogens is 2. The van der Waals surface area contributed by atoms with Gasteiger partial charge in [-0.15, -0.1) is 0 Å². The molecule has 1 heterocycles. The second-order valence-corrected chi connectivity index (χ2v) is 7.29. The second-order valence-electron chi connectivity index (χ2n) is 7.29. The Labute approximate surface area is 183 Å². The van der Waals surface area contributed by atoms with E-state index in [9.17, 15) is 18.0 Å². The lowest BCUT2D eigenvalue weighted by molar-refractivity contribution is -0.141. The molecule has 2 aromatic carbocycles. The summed E-state index contributed by atoms with van der Waals surface area (Å²) in [6.45, 7) is 2.91. The molecular weight excluding hydrogens is 423 g/mol. The van der Waals surface area contributed by atoms with Gasteiger partial charge in [-0.25, -0.2) is 9.48 Å². The van der Waals surface area contributed by atoms with Gasteiger partial charge < -0.3 is 15.8 Å². The van der Waals surface area contributed by atoms with Gasteiger partial charge >= 0.3 is 12.3 Å². The minimum absolute atomic E-state index is 0.0202. The maximum absolute atomic E-state index is 13.3. The maximum atomic E-state index is 13.3. The van der Waals surface area contributed by atoms with Crippen molar-refractivity contribution in [2.24, 2.45) is 5.73 Å². The smallest absolute Gasteiger partial charge is 0.435 e. The van der Waals surface area contributed by atoms with Crippen LogP contribution in [0, 0.1) is 0 Å². The van der Waals surface area contributed by atoms with E-state index in [-0.39, 0.29) is 18.5 Å². The van der Waals surface area contributed by atoms with Crippen molar-refractivity contribution in [2.45, 2.75) is 32.3 Å². The molecule has 7 nitrogen and oxygen atoms in total. The van der Waals surface area contributed by atoms with E-state index >= 15 is 0 Å². The van der Waals surface area contributed by atoms with E-state index in [1.54, 1.807) is 42.5 Å². The number of hydrogen-bond acceptors (Lipinski definition) is 5. The lowest BCUT2D eigenvalue weighted by Crippen LogP contribution is -2.30. The number of carbonyl (C=O) groups excluding carboxylic acids is 1. The first-order chi connectivity index (χ1) is 15.2. The van der Waals surface area contributed by atoms with Crippen LogP contribution in [-0.4, -0.2) is 28.5 Å². The van der Waals surface area contributed by atoms with E-state index in [2.05, 4.69) is 15.7 Å². The van der Waals surface area contributed by atoms with Gasteiger partial charge in [0.1, 0.15) is 12.4 Å². The zero-order valence-corrected chi connectivity index (χ0v) is 17.4. The van der Waals surface area contributed by atoms with Gasteiger partial charge in [0.15, 0.2) is 5.69 Å². The van der Waals surface area contributed by atoms with Gasteiger partial charge in [-0.3, -0.25) is 5.32 Å². The number of halogens is 3. The molecule has 0 fully saturated rings. The van der Waals surface area contributed by atoms with E-state index < -0.39 is 18.0 Å². The first kappa shape index (κ1) is 23.3. The van der Waals surface area contributed by atoms with Gasteiger partial charge in [0, 0.05) is 25.2 Å². The van der Waals surface area contributed by atoms with Gasteiger partial charge in [0.2, 0.25) is 0 Å². The average molecular weight is 447 g/mol. The highest BCUT2D eigenvalue weighted by Gasteiger charge is 2.35. The van der Waals surface area contributed by atoms with Crippen LogP contribution in [0.2, 0.25) is 0 Å². The molecule has 170 valence electrons. The Morgan fingerprint density at radius 1 is 1.12 bits per heavy atom. The Kier molecular flexibility index (Phi) is 7.49. The SMILES string of the molecule is C[C@H](N)CNCc1cccc(-n2nc(C(F)(F)F)cc2NC(=O)OCc2ccccc2)c1. The summed E-state index contributed by atoms with van der Waals surface area (Å²) in [5.41, 5.74) is 6.52. The summed E-state index contributed by atoms with van der Waals surface area (Å²) in [5.74, 6) is -0.156. The molecule has 0 unspecified atom stereocenters. The number of benzene rings is 2. The van der Waals surface area contributed by atoms with E-state index in [1.807, 2.05) is 19.1 Å². The Balaban J connectivity index is 1.79. The molecule has 0 radical (unpaired) electrons. The summed E-state index contributed by atoms with van der Waals surface area (Å²) in [4.78, 5) is 12.2. The number of nitrogens with two attached hydrogens (primary N) is 1. The molecule has 10 heteroatoms. The Morgan fingerprint density at radius 2 is 1.84 bits per heavy atom. The van der Waals surface area contributed by atoms with Crippen LogP contribution < -0.4 is 16.4 Å². The van der Waals surface area contributed by atoms with Crippen molar-refractivity contribution >= 4 is 11.9 Å². The van der Waals surface area contributed by atoms with Crippen molar-refractivity contribution in [1.29, 1.82) is 0 Å². The summed E-state index contributed by atoms with van der Waals surface area (Å²) in [6.07, 6.45) is -5.56. The van der Waals surface area contributed by atoms with E-state index in [4.69, 9.17) is 10.5 Å². The minimum Gasteiger partial charge on any atom is -0.444 e. The fourth-order valence-corrected chi connectivity index (χ4v) is 2.91. The third-order valence-corrected chi connectivity index (χ3v) is 4.39. The standard InChI is InChI=1S/C22H24F3N5O2/c1-15(26)12-27-13-17-8-5-9-18(10-17)30-20(11-19(29-30)22(23,24)25)28-21(31)32-14-16-6-3-2-4-7-16/h2-11,15,27H,12-14,26H2,1H3,(H,28,31)/t15-/m0/s1. The van der Waals surface area contributed by atoms with E-state index in [1.165, 1.54) is 0 Å². The van der Waals surface area contributed by atoms with Gasteiger partial charge in [0.25, 0.3) is 0 Å². The minimum atomic E-state index is -4.67. The fraction of sp³-hybridized carbons (Fsp3) is 0.273. The van der Waals surface area contributed by atoms with Crippen molar-refractivity contribution in [3.63, 3.8) is 0 Å². The molecule has 0 aliphatic carbocycles. The molecule has 3 rings (SSSR count). The quantitative estimate of drug-likeness (QED) is 0.484. The summed E-state index contributed by atoms with van der Waals surface area (Å²) >= 11 is 0. The highest BCUT2D eigenvalue weighted by molar-refractivity contribution is 5.84. The molecule has 3 aromatic rings. The summed E-state index contributed by atoms with van der Waals surface area (Å²) in [5, 5.41) is 9.17. The van der Waals surface area contributed by atoms with Crippen molar-refractivity contribution in [3.8, 4) is 5.69 Å². The molecule has 0 bridgehead atoms. The molecule has 0 saturated heterocycles. The molecule has 1 amide bonds. The Morgan fingerprint density at radius 3 is 2.53 bits per heavy atom. The Bertz CT molecular complexity index is 1040. The molecule has 32 heavy (non-hydrogen) atoms. The van der Waals surface area contributed by atoms with Gasteiger partial charge in [0.05, 0.1) is 5.69 Å². The number of amides is 1. The molecule has 1 atom stereocenters. The van der Waals surface area contributed by atoms with E-state index in [0.29, 0.717) is 18.8 Å². The number of nitrogens with one attached hydrogen (secondary N) is 2. The Hall–Kier alpha value is -3.37. The predicted molar refractivity (Wildman–Crippen MR) is 114 cm³/mol. The molecule has 4 N–H and O–H groups in total. The zero-order chi connectivity index (χ0) is 23.1. The third-order valence-electron chi connectivity index (χ3n) is 4.39. The summed E-state index contributed by atoms with van der Waals surface area (Å²) < 4.78 is 46.0. The topological polar surface area (TPSA) is 94.2 Å². The molecule has 0 aliphatic heterocycles. The van der Waals surface area contributed by atoms with Gasteiger partial charge in [-0.2, -0.15) is 18.3 Å². The molecule has 0 spiro atoms. The van der Waals surface area contributed by atoms with Crippen LogP contribution in [0.1, 0.15) is 23.7 Å². The largest absolute Gasteiger partial charge is 0.444 e. The number of carbonyl (C=O) groups is 1. The summed E-state index contributed by atoms with van der Waals surface area (Å²) in [7, 11) is 0. The number of rotatable bonds is 8. The number of ether oxygens (including phenoxy) is 1. The predicted octanol–water partition coefficient (Wildman–Crippen LogP) is 4.08. The van der Waals surface area contributed by atoms with Crippen molar-refractivity contribution in [1.82, 2.24) is 15.1 Å². The highest BCUT2D eigenvalue weighted by atomic mass is 19.4. The van der Waals surface area contributed by atoms with Crippen LogP contribution in [-0.2, 0) is 24.1 Å². The molecule has 1 aromatic heterocycles. The van der Waals surface area contributed by atoms with Gasteiger partial charge in [-0.05, 0) is 30.2 Å². The monoisotopic (exact) mass is 447 g/mol. The number of anilines is 1. The molecular formula is C22H24F3N5O2. The highest BCUT2D eigenvalue weighted by Crippen LogP contribution is 2.31. The third kappa shape index (κ3) is 6.56. The summed E-state index contributed by atoms with van der Waals surface area (Å²) in [6, 6.07) is 16.5. The lowest BCUT2D eigenvalue weighted by atomic mass is 10.2. The van der Waals surface area contributed by atoms with Gasteiger partial charge in [-0.1, -0.05) is 42.5 Å². The zero-order valence-electron chi connectivity index (χ0n) is 17.4. The van der Waals surface area contributed by atoms with Crippen LogP contribution >= 0.6 is 0 Å². The van der Waals surface area contributed by atoms with E-state index in [0.717, 1.165) is 21.9 Å². The fourth-order valence-electron chi connectivity index (χ4n) is 2.91. The lowest BCUT2D eigenvalue weighted by Gasteiger charge is -2.12. The van der Waals surface area contributed by atoms with Crippen molar-refractivity contribution < 1.29 is 22.7 Å². The number of alkyl halides is 3. The number of hydrogen-bond donors (Lipinski definition) is 3. The van der Waals surface area contributed by atoms with Crippen molar-refractivity contribution in [2.75, 3.05) is 11.9 Å². The normalized spacial score (nSPS) is 12.4. The maximum Gasteiger partial charge on any atom is 0.435 e. The van der Waals surface area contributed by atoms with Crippen LogP contribution in [0.5, 0.6) is 0 Å². The average Bonchev–Trinajstić information content (AvgIpc) is 3.17. The molecule has 0 saturated carbocycles.